The molecule has 1 heterocycles. The third-order valence-corrected chi connectivity index (χ3v) is 7.80. The molecule has 1 fully saturated rings. The number of hydrogen-bond acceptors (Lipinski definition) is 15. The number of benzene rings is 1. The second kappa shape index (κ2) is 25.2. The quantitative estimate of drug-likeness (QED) is 0.0592. The summed E-state index contributed by atoms with van der Waals surface area (Å²) >= 11 is 0. The van der Waals surface area contributed by atoms with Crippen molar-refractivity contribution in [3.8, 4) is 0 Å². The van der Waals surface area contributed by atoms with Gasteiger partial charge in [0.15, 0.2) is 0 Å². The normalized spacial score (nSPS) is 15.2. The number of amides is 4. The second-order valence-corrected chi connectivity index (χ2v) is 12.0. The Balaban J connectivity index is 2.25. The summed E-state index contributed by atoms with van der Waals surface area (Å²) in [7, 11) is 0. The minimum Gasteiger partial charge on any atom is -0.465 e. The number of rotatable bonds is 18. The van der Waals surface area contributed by atoms with Crippen molar-refractivity contribution in [3.05, 3.63) is 24.3 Å². The Hall–Kier alpha value is -4.85. The van der Waals surface area contributed by atoms with Gasteiger partial charge in [-0.2, -0.15) is 0 Å². The Kier molecular flexibility index (Phi) is 21.1. The smallest absolute Gasteiger partial charge is 0.325 e. The van der Waals surface area contributed by atoms with Gasteiger partial charge in [0.1, 0.15) is 19.6 Å². The molecule has 0 spiro atoms. The molecule has 1 aliphatic rings. The Morgan fingerprint density at radius 3 is 1.08 bits per heavy atom. The van der Waals surface area contributed by atoms with Crippen LogP contribution < -0.4 is 27.0 Å². The monoisotopic (exact) mass is 749 g/mol. The lowest BCUT2D eigenvalue weighted by Gasteiger charge is -2.33. The number of nitrogens with one attached hydrogen (secondary N) is 4. The van der Waals surface area contributed by atoms with Crippen LogP contribution in [0.4, 0.5) is 11.4 Å². The molecule has 0 atom stereocenters. The molecule has 1 saturated heterocycles. The lowest BCUT2D eigenvalue weighted by Crippen LogP contribution is -2.51. The molecule has 0 bridgehead atoms. The van der Waals surface area contributed by atoms with Crippen LogP contribution in [-0.4, -0.2) is 179 Å². The molecular weight excluding hydrogens is 694 g/mol. The highest BCUT2D eigenvalue weighted by atomic mass is 16.5. The first-order chi connectivity index (χ1) is 25.4. The van der Waals surface area contributed by atoms with Crippen molar-refractivity contribution in [1.29, 1.82) is 0 Å². The van der Waals surface area contributed by atoms with Crippen molar-refractivity contribution < 1.29 is 47.8 Å². The van der Waals surface area contributed by atoms with E-state index in [-0.39, 0.29) is 71.5 Å². The largest absolute Gasteiger partial charge is 0.465 e. The first-order valence-corrected chi connectivity index (χ1v) is 17.7. The van der Waals surface area contributed by atoms with E-state index in [0.29, 0.717) is 63.7 Å². The van der Waals surface area contributed by atoms with Crippen molar-refractivity contribution in [2.24, 2.45) is 0 Å². The van der Waals surface area contributed by atoms with Gasteiger partial charge in [0, 0.05) is 63.7 Å². The van der Waals surface area contributed by atoms with E-state index < -0.39 is 35.6 Å². The molecule has 296 valence electrons. The summed E-state index contributed by atoms with van der Waals surface area (Å²) in [5, 5.41) is 10.6. The first-order valence-electron chi connectivity index (χ1n) is 17.7. The fourth-order valence-corrected chi connectivity index (χ4v) is 5.11. The summed E-state index contributed by atoms with van der Waals surface area (Å²) < 4.78 is 14.7. The van der Waals surface area contributed by atoms with E-state index in [9.17, 15) is 33.6 Å². The first kappa shape index (κ1) is 44.3. The van der Waals surface area contributed by atoms with Gasteiger partial charge in [0.2, 0.25) is 23.6 Å². The third kappa shape index (κ3) is 20.1. The SMILES string of the molecule is CCOC(=O)CNC(=O)CN1CCN(CC(=O)NCC(=O)OCC)CCN(CC(=O)Nc2ccc(N)cc2)CCN(CC(=O)NCC(=O)OCC)CC1. The average molecular weight is 750 g/mol. The fourth-order valence-electron chi connectivity index (χ4n) is 5.11. The van der Waals surface area contributed by atoms with Crippen LogP contribution in [0.1, 0.15) is 20.8 Å². The van der Waals surface area contributed by atoms with Crippen molar-refractivity contribution in [1.82, 2.24) is 35.6 Å². The molecule has 1 aromatic rings. The zero-order chi connectivity index (χ0) is 39.0. The predicted octanol–water partition coefficient (Wildman–Crippen LogP) is -2.53. The van der Waals surface area contributed by atoms with Crippen LogP contribution in [0.25, 0.3) is 0 Å². The van der Waals surface area contributed by atoms with E-state index in [2.05, 4.69) is 21.3 Å². The van der Waals surface area contributed by atoms with Crippen LogP contribution in [0.5, 0.6) is 0 Å². The highest BCUT2D eigenvalue weighted by Crippen LogP contribution is 2.10. The van der Waals surface area contributed by atoms with Crippen LogP contribution >= 0.6 is 0 Å². The molecule has 0 aliphatic carbocycles. The number of hydrogen-bond donors (Lipinski definition) is 5. The van der Waals surface area contributed by atoms with Gasteiger partial charge in [0.25, 0.3) is 0 Å². The molecule has 0 unspecified atom stereocenters. The topological polar surface area (TPSA) is 234 Å². The van der Waals surface area contributed by atoms with Gasteiger partial charge in [-0.15, -0.1) is 0 Å². The van der Waals surface area contributed by atoms with Gasteiger partial charge in [-0.25, -0.2) is 0 Å². The number of ether oxygens (including phenoxy) is 3. The second-order valence-electron chi connectivity index (χ2n) is 12.0. The van der Waals surface area contributed by atoms with E-state index in [1.165, 1.54) is 0 Å². The molecule has 19 heteroatoms. The summed E-state index contributed by atoms with van der Waals surface area (Å²) in [5.74, 6) is -3.20. The molecule has 19 nitrogen and oxygen atoms in total. The zero-order valence-electron chi connectivity index (χ0n) is 31.0. The Morgan fingerprint density at radius 1 is 0.509 bits per heavy atom. The number of anilines is 2. The Bertz CT molecular complexity index is 1300. The molecule has 6 N–H and O–H groups in total. The zero-order valence-corrected chi connectivity index (χ0v) is 31.0. The summed E-state index contributed by atoms with van der Waals surface area (Å²) in [4.78, 5) is 94.7. The van der Waals surface area contributed by atoms with Gasteiger partial charge < -0.3 is 41.2 Å². The van der Waals surface area contributed by atoms with Crippen LogP contribution in [0.3, 0.4) is 0 Å². The van der Waals surface area contributed by atoms with E-state index in [4.69, 9.17) is 19.9 Å². The van der Waals surface area contributed by atoms with Crippen molar-refractivity contribution in [2.75, 3.05) is 129 Å². The number of nitrogens with two attached hydrogens (primary N) is 1. The van der Waals surface area contributed by atoms with Crippen LogP contribution in [-0.2, 0) is 47.8 Å². The van der Waals surface area contributed by atoms with Crippen molar-refractivity contribution >= 4 is 52.9 Å². The summed E-state index contributed by atoms with van der Waals surface area (Å²) in [5.41, 5.74) is 6.90. The summed E-state index contributed by atoms with van der Waals surface area (Å²) in [6, 6.07) is 6.74. The standard InChI is InChI=1S/C34H55N9O10/c1-4-51-32(48)19-36-28(44)22-40-11-13-41(23-29(45)37-20-33(49)52-5-2)15-17-43(25-31(47)39-27-9-7-26(35)8-10-27)18-16-42(14-12-40)24-30(46)38-21-34(50)53-6-3/h7-10H,4-6,11-25,35H2,1-3H3,(H,36,44)(H,37,45)(H,38,46)(H,39,47). The maximum atomic E-state index is 13.1. The maximum absolute atomic E-state index is 13.1. The van der Waals surface area contributed by atoms with Crippen molar-refractivity contribution in [3.63, 3.8) is 0 Å². The van der Waals surface area contributed by atoms with Gasteiger partial charge in [-0.3, -0.25) is 53.2 Å². The molecule has 2 rings (SSSR count). The lowest BCUT2D eigenvalue weighted by molar-refractivity contribution is -0.144. The minimum atomic E-state index is -0.568. The molecule has 0 radical (unpaired) electrons. The third-order valence-electron chi connectivity index (χ3n) is 7.80. The number of carbonyl (C=O) groups is 7. The predicted molar refractivity (Wildman–Crippen MR) is 194 cm³/mol. The van der Waals surface area contributed by atoms with Gasteiger partial charge in [0.05, 0.1) is 46.0 Å². The van der Waals surface area contributed by atoms with Gasteiger partial charge in [-0.05, 0) is 45.0 Å². The highest BCUT2D eigenvalue weighted by molar-refractivity contribution is 5.92. The molecule has 53 heavy (non-hydrogen) atoms. The average Bonchev–Trinajstić information content (AvgIpc) is 3.11. The fraction of sp³-hybridized carbons (Fsp3) is 0.618. The molecule has 1 aromatic carbocycles. The van der Waals surface area contributed by atoms with Crippen LogP contribution in [0.15, 0.2) is 24.3 Å². The number of nitrogen functional groups attached to an aromatic ring is 1. The minimum absolute atomic E-state index is 0.00290. The van der Waals surface area contributed by atoms with E-state index in [0.717, 1.165) is 0 Å². The molecular formula is C34H55N9O10. The highest BCUT2D eigenvalue weighted by Gasteiger charge is 2.22. The molecule has 4 amide bonds. The van der Waals surface area contributed by atoms with E-state index >= 15 is 0 Å². The number of nitrogens with zero attached hydrogens (tertiary/aromatic N) is 4. The summed E-state index contributed by atoms with van der Waals surface area (Å²) in [6.45, 7) is 7.13. The lowest BCUT2D eigenvalue weighted by atomic mass is 10.3. The van der Waals surface area contributed by atoms with E-state index in [1.54, 1.807) is 45.0 Å². The molecule has 1 aliphatic heterocycles. The number of esters is 3. The maximum Gasteiger partial charge on any atom is 0.325 e. The van der Waals surface area contributed by atoms with Crippen LogP contribution in [0, 0.1) is 0 Å². The van der Waals surface area contributed by atoms with Gasteiger partial charge >= 0.3 is 17.9 Å². The number of carbonyl (C=O) groups excluding carboxylic acids is 7. The van der Waals surface area contributed by atoms with Crippen LogP contribution in [0.2, 0.25) is 0 Å². The molecule has 0 saturated carbocycles. The van der Waals surface area contributed by atoms with E-state index in [1.807, 2.05) is 19.6 Å². The Morgan fingerprint density at radius 2 is 0.792 bits per heavy atom. The Labute approximate surface area is 310 Å². The van der Waals surface area contributed by atoms with Crippen molar-refractivity contribution in [2.45, 2.75) is 20.8 Å². The molecule has 0 aromatic heterocycles. The summed E-state index contributed by atoms with van der Waals surface area (Å²) in [6.07, 6.45) is 0. The van der Waals surface area contributed by atoms with Gasteiger partial charge in [-0.1, -0.05) is 0 Å².